The third kappa shape index (κ3) is 1.15. The number of ether oxygens (including phenoxy) is 1. The molecule has 0 saturated carbocycles. The van der Waals surface area contributed by atoms with Crippen molar-refractivity contribution in [3.63, 3.8) is 0 Å². The van der Waals surface area contributed by atoms with E-state index in [0.29, 0.717) is 24.2 Å². The molecule has 12 heavy (non-hydrogen) atoms. The normalized spacial score (nSPS) is 20.6. The highest BCUT2D eigenvalue weighted by Crippen LogP contribution is 2.27. The number of hydrogen-bond acceptors (Lipinski definition) is 4. The zero-order valence-corrected chi connectivity index (χ0v) is 6.87. The highest BCUT2D eigenvalue weighted by atomic mass is 16.5. The second-order valence-electron chi connectivity index (χ2n) is 2.98. The van der Waals surface area contributed by atoms with Crippen LogP contribution in [-0.2, 0) is 0 Å². The molecule has 0 aromatic carbocycles. The van der Waals surface area contributed by atoms with Crippen molar-refractivity contribution in [3.05, 3.63) is 12.3 Å². The van der Waals surface area contributed by atoms with Crippen molar-refractivity contribution in [1.29, 1.82) is 0 Å². The van der Waals surface area contributed by atoms with Gasteiger partial charge in [0, 0.05) is 0 Å². The van der Waals surface area contributed by atoms with Gasteiger partial charge in [0.15, 0.2) is 0 Å². The number of anilines is 2. The fourth-order valence-electron chi connectivity index (χ4n) is 1.20. The number of aromatic nitrogens is 1. The van der Waals surface area contributed by atoms with E-state index in [9.17, 15) is 0 Å². The van der Waals surface area contributed by atoms with E-state index in [1.165, 1.54) is 0 Å². The Balaban J connectivity index is 2.37. The molecule has 1 atom stereocenters. The maximum absolute atomic E-state index is 5.57. The Morgan fingerprint density at radius 1 is 1.75 bits per heavy atom. The van der Waals surface area contributed by atoms with Crippen LogP contribution in [0.4, 0.5) is 11.4 Å². The topological polar surface area (TPSA) is 60.2 Å². The van der Waals surface area contributed by atoms with Crippen LogP contribution in [0.2, 0.25) is 0 Å². The molecule has 64 valence electrons. The van der Waals surface area contributed by atoms with Crippen molar-refractivity contribution in [1.82, 2.24) is 4.98 Å². The molecular weight excluding hydrogens is 154 g/mol. The summed E-state index contributed by atoms with van der Waals surface area (Å²) in [7, 11) is 0. The summed E-state index contributed by atoms with van der Waals surface area (Å²) in [6.07, 6.45) is 1.59. The Morgan fingerprint density at radius 2 is 2.58 bits per heavy atom. The molecule has 0 amide bonds. The smallest absolute Gasteiger partial charge is 0.237 e. The number of nitrogens with zero attached hydrogens (tertiary/aromatic N) is 1. The van der Waals surface area contributed by atoms with Gasteiger partial charge >= 0.3 is 0 Å². The van der Waals surface area contributed by atoms with Crippen LogP contribution >= 0.6 is 0 Å². The Bertz CT molecular complexity index is 300. The third-order valence-corrected chi connectivity index (χ3v) is 1.74. The maximum atomic E-state index is 5.57. The molecule has 0 fully saturated rings. The van der Waals surface area contributed by atoms with E-state index in [-0.39, 0.29) is 0 Å². The van der Waals surface area contributed by atoms with Gasteiger partial charge in [0.1, 0.15) is 6.61 Å². The number of nitrogen functional groups attached to an aromatic ring is 1. The van der Waals surface area contributed by atoms with Gasteiger partial charge in [-0.05, 0) is 13.0 Å². The molecule has 1 aromatic heterocycles. The first-order valence-corrected chi connectivity index (χ1v) is 3.90. The predicted molar refractivity (Wildman–Crippen MR) is 47.2 cm³/mol. The van der Waals surface area contributed by atoms with Crippen LogP contribution < -0.4 is 15.8 Å². The van der Waals surface area contributed by atoms with Gasteiger partial charge in [-0.15, -0.1) is 0 Å². The van der Waals surface area contributed by atoms with E-state index in [1.807, 2.05) is 13.0 Å². The lowest BCUT2D eigenvalue weighted by atomic mass is 10.2. The molecule has 0 radical (unpaired) electrons. The monoisotopic (exact) mass is 165 g/mol. The summed E-state index contributed by atoms with van der Waals surface area (Å²) in [5, 5.41) is 3.23. The van der Waals surface area contributed by atoms with Crippen molar-refractivity contribution < 1.29 is 4.74 Å². The summed E-state index contributed by atoms with van der Waals surface area (Å²) in [5.41, 5.74) is 7.10. The van der Waals surface area contributed by atoms with E-state index in [2.05, 4.69) is 10.3 Å². The Morgan fingerprint density at radius 3 is 3.42 bits per heavy atom. The van der Waals surface area contributed by atoms with Crippen LogP contribution in [-0.4, -0.2) is 17.6 Å². The van der Waals surface area contributed by atoms with Crippen molar-refractivity contribution in [2.75, 3.05) is 17.7 Å². The lowest BCUT2D eigenvalue weighted by Crippen LogP contribution is -2.28. The molecule has 2 heterocycles. The largest absolute Gasteiger partial charge is 0.474 e. The Hall–Kier alpha value is -1.45. The number of pyridine rings is 1. The molecule has 0 bridgehead atoms. The molecule has 1 aliphatic rings. The summed E-state index contributed by atoms with van der Waals surface area (Å²) < 4.78 is 5.36. The minimum absolute atomic E-state index is 0.320. The first-order valence-electron chi connectivity index (χ1n) is 3.90. The first kappa shape index (κ1) is 7.21. The summed E-state index contributed by atoms with van der Waals surface area (Å²) in [6.45, 7) is 2.70. The van der Waals surface area contributed by atoms with Gasteiger partial charge in [0.05, 0.1) is 23.6 Å². The third-order valence-electron chi connectivity index (χ3n) is 1.74. The minimum Gasteiger partial charge on any atom is -0.474 e. The molecule has 1 aromatic rings. The summed E-state index contributed by atoms with van der Waals surface area (Å²) in [5.74, 6) is 0.641. The van der Waals surface area contributed by atoms with Crippen molar-refractivity contribution in [3.8, 4) is 5.88 Å². The fraction of sp³-hybridized carbons (Fsp3) is 0.375. The van der Waals surface area contributed by atoms with Gasteiger partial charge in [0.2, 0.25) is 5.88 Å². The molecule has 3 N–H and O–H groups in total. The number of nitrogens with two attached hydrogens (primary N) is 1. The summed E-state index contributed by atoms with van der Waals surface area (Å²) in [6, 6.07) is 2.15. The molecule has 4 heteroatoms. The summed E-state index contributed by atoms with van der Waals surface area (Å²) in [4.78, 5) is 4.04. The van der Waals surface area contributed by atoms with Crippen molar-refractivity contribution in [2.24, 2.45) is 0 Å². The molecule has 1 aliphatic heterocycles. The summed E-state index contributed by atoms with van der Waals surface area (Å²) >= 11 is 0. The number of nitrogens with one attached hydrogen (secondary N) is 1. The van der Waals surface area contributed by atoms with Crippen LogP contribution in [0.1, 0.15) is 6.92 Å². The van der Waals surface area contributed by atoms with E-state index in [0.717, 1.165) is 5.69 Å². The molecular formula is C8H11N3O. The number of rotatable bonds is 0. The van der Waals surface area contributed by atoms with Gasteiger partial charge in [-0.25, -0.2) is 4.98 Å². The molecule has 1 unspecified atom stereocenters. The standard InChI is InChI=1S/C8H11N3O/c1-5-4-12-8-7(11-5)2-6(9)3-10-8/h2-3,5,11H,4,9H2,1H3. The second-order valence-corrected chi connectivity index (χ2v) is 2.98. The van der Waals surface area contributed by atoms with Gasteiger partial charge in [-0.2, -0.15) is 0 Å². The quantitative estimate of drug-likeness (QED) is 0.598. The highest BCUT2D eigenvalue weighted by Gasteiger charge is 2.15. The van der Waals surface area contributed by atoms with Gasteiger partial charge in [-0.1, -0.05) is 0 Å². The lowest BCUT2D eigenvalue weighted by Gasteiger charge is -2.23. The Labute approximate surface area is 70.7 Å². The van der Waals surface area contributed by atoms with Crippen LogP contribution in [0.15, 0.2) is 12.3 Å². The second kappa shape index (κ2) is 2.55. The zero-order chi connectivity index (χ0) is 8.55. The zero-order valence-electron chi connectivity index (χ0n) is 6.87. The van der Waals surface area contributed by atoms with Crippen molar-refractivity contribution >= 4 is 11.4 Å². The molecule has 2 rings (SSSR count). The predicted octanol–water partition coefficient (Wildman–Crippen LogP) is 0.857. The molecule has 0 saturated heterocycles. The first-order chi connectivity index (χ1) is 5.75. The van der Waals surface area contributed by atoms with E-state index < -0.39 is 0 Å². The van der Waals surface area contributed by atoms with Crippen LogP contribution in [0.5, 0.6) is 5.88 Å². The fourth-order valence-corrected chi connectivity index (χ4v) is 1.20. The van der Waals surface area contributed by atoms with Crippen LogP contribution in [0, 0.1) is 0 Å². The minimum atomic E-state index is 0.320. The van der Waals surface area contributed by atoms with Crippen LogP contribution in [0.3, 0.4) is 0 Å². The van der Waals surface area contributed by atoms with E-state index in [1.54, 1.807) is 6.20 Å². The average molecular weight is 165 g/mol. The van der Waals surface area contributed by atoms with Crippen molar-refractivity contribution in [2.45, 2.75) is 13.0 Å². The molecule has 0 aliphatic carbocycles. The van der Waals surface area contributed by atoms with Gasteiger partial charge in [-0.3, -0.25) is 0 Å². The van der Waals surface area contributed by atoms with E-state index >= 15 is 0 Å². The lowest BCUT2D eigenvalue weighted by molar-refractivity contribution is 0.280. The number of hydrogen-bond donors (Lipinski definition) is 2. The van der Waals surface area contributed by atoms with E-state index in [4.69, 9.17) is 10.5 Å². The SMILES string of the molecule is CC1COc2ncc(N)cc2N1. The molecule has 0 spiro atoms. The number of fused-ring (bicyclic) bond motifs is 1. The maximum Gasteiger partial charge on any atom is 0.237 e. The average Bonchev–Trinajstić information content (AvgIpc) is 2.03. The Kier molecular flexibility index (Phi) is 1.53. The van der Waals surface area contributed by atoms with Crippen LogP contribution in [0.25, 0.3) is 0 Å². The highest BCUT2D eigenvalue weighted by molar-refractivity contribution is 5.60. The van der Waals surface area contributed by atoms with Gasteiger partial charge < -0.3 is 15.8 Å². The van der Waals surface area contributed by atoms with Gasteiger partial charge in [0.25, 0.3) is 0 Å². The molecule has 4 nitrogen and oxygen atoms in total.